The van der Waals surface area contributed by atoms with Gasteiger partial charge in [0.2, 0.25) is 0 Å². The van der Waals surface area contributed by atoms with Crippen molar-refractivity contribution in [3.8, 4) is 0 Å². The lowest BCUT2D eigenvalue weighted by Gasteiger charge is -2.23. The van der Waals surface area contributed by atoms with Crippen LogP contribution in [-0.2, 0) is 23.9 Å². The molecule has 1 N–H and O–H groups in total. The third kappa shape index (κ3) is 5.69. The molecule has 0 saturated carbocycles. The minimum atomic E-state index is -1.49. The zero-order valence-corrected chi connectivity index (χ0v) is 12.5. The van der Waals surface area contributed by atoms with Crippen molar-refractivity contribution in [2.45, 2.75) is 59.2 Å². The molecule has 6 heteroatoms. The number of carbonyl (C=O) groups excluding carboxylic acids is 2. The highest BCUT2D eigenvalue weighted by molar-refractivity contribution is 6.03. The van der Waals surface area contributed by atoms with Crippen molar-refractivity contribution in [2.75, 3.05) is 6.61 Å². The molecule has 0 heterocycles. The highest BCUT2D eigenvalue weighted by Gasteiger charge is 2.41. The molecule has 6 nitrogen and oxygen atoms in total. The number of ketones is 1. The number of carboxylic acid groups (broad SMARTS) is 1. The van der Waals surface area contributed by atoms with E-state index in [2.05, 4.69) is 0 Å². The van der Waals surface area contributed by atoms with Gasteiger partial charge < -0.3 is 14.6 Å². The number of ether oxygens (including phenoxy) is 2. The molecular formula is C14H24O6. The van der Waals surface area contributed by atoms with Crippen LogP contribution in [0.5, 0.6) is 0 Å². The Balaban J connectivity index is 5.18. The first-order valence-electron chi connectivity index (χ1n) is 6.96. The zero-order valence-electron chi connectivity index (χ0n) is 12.5. The predicted octanol–water partition coefficient (Wildman–Crippen LogP) is 1.80. The van der Waals surface area contributed by atoms with Crippen LogP contribution in [0.3, 0.4) is 0 Å². The van der Waals surface area contributed by atoms with Crippen LogP contribution in [0.15, 0.2) is 0 Å². The molecule has 0 rings (SSSR count). The van der Waals surface area contributed by atoms with E-state index in [1.54, 1.807) is 20.8 Å². The quantitative estimate of drug-likeness (QED) is 0.487. The monoisotopic (exact) mass is 288 g/mol. The summed E-state index contributed by atoms with van der Waals surface area (Å²) in [6, 6.07) is 0. The summed E-state index contributed by atoms with van der Waals surface area (Å²) in [6.07, 6.45) is -0.611. The number of hydrogen-bond donors (Lipinski definition) is 1. The van der Waals surface area contributed by atoms with Crippen LogP contribution >= 0.6 is 0 Å². The van der Waals surface area contributed by atoms with Gasteiger partial charge in [-0.2, -0.15) is 0 Å². The number of hydrogen-bond acceptors (Lipinski definition) is 5. The number of carbonyl (C=O) groups is 3. The van der Waals surface area contributed by atoms with Crippen LogP contribution in [0.4, 0.5) is 0 Å². The maximum Gasteiger partial charge on any atom is 0.334 e. The van der Waals surface area contributed by atoms with Crippen molar-refractivity contribution in [3.05, 3.63) is 0 Å². The fourth-order valence-corrected chi connectivity index (χ4v) is 1.67. The summed E-state index contributed by atoms with van der Waals surface area (Å²) in [7, 11) is 0. The Morgan fingerprint density at radius 3 is 2.15 bits per heavy atom. The summed E-state index contributed by atoms with van der Waals surface area (Å²) in [5.74, 6) is -4.01. The second-order valence-electron chi connectivity index (χ2n) is 4.56. The smallest absolute Gasteiger partial charge is 0.334 e. The number of aliphatic carboxylic acids is 1. The van der Waals surface area contributed by atoms with E-state index in [-0.39, 0.29) is 19.1 Å². The van der Waals surface area contributed by atoms with Crippen LogP contribution in [-0.4, -0.2) is 41.6 Å². The van der Waals surface area contributed by atoms with Gasteiger partial charge in [-0.1, -0.05) is 13.8 Å². The SMILES string of the molecule is CCCC(=O)C(C(=O)OC(C)CC)C(OCC)C(=O)O. The van der Waals surface area contributed by atoms with E-state index in [9.17, 15) is 14.4 Å². The molecule has 3 atom stereocenters. The Morgan fingerprint density at radius 2 is 1.75 bits per heavy atom. The summed E-state index contributed by atoms with van der Waals surface area (Å²) in [5, 5.41) is 9.15. The Kier molecular flexibility index (Phi) is 8.79. The minimum absolute atomic E-state index is 0.101. The molecule has 0 aromatic carbocycles. The van der Waals surface area contributed by atoms with Crippen LogP contribution in [0, 0.1) is 5.92 Å². The lowest BCUT2D eigenvalue weighted by atomic mass is 9.94. The zero-order chi connectivity index (χ0) is 15.7. The third-order valence-corrected chi connectivity index (χ3v) is 2.88. The fourth-order valence-electron chi connectivity index (χ4n) is 1.67. The Bertz CT molecular complexity index is 339. The Morgan fingerprint density at radius 1 is 1.15 bits per heavy atom. The van der Waals surface area contributed by atoms with Gasteiger partial charge in [-0.25, -0.2) is 4.79 Å². The average molecular weight is 288 g/mol. The predicted molar refractivity (Wildman–Crippen MR) is 72.3 cm³/mol. The van der Waals surface area contributed by atoms with Gasteiger partial charge in [0.05, 0.1) is 6.10 Å². The van der Waals surface area contributed by atoms with E-state index in [4.69, 9.17) is 14.6 Å². The van der Waals surface area contributed by atoms with Gasteiger partial charge in [-0.3, -0.25) is 9.59 Å². The highest BCUT2D eigenvalue weighted by atomic mass is 16.6. The summed E-state index contributed by atoms with van der Waals surface area (Å²) in [5.41, 5.74) is 0. The van der Waals surface area contributed by atoms with Gasteiger partial charge in [0.25, 0.3) is 0 Å². The molecule has 0 fully saturated rings. The lowest BCUT2D eigenvalue weighted by molar-refractivity contribution is -0.172. The van der Waals surface area contributed by atoms with E-state index in [0.29, 0.717) is 12.8 Å². The number of Topliss-reactive ketones (excluding diaryl/α,β-unsaturated/α-hetero) is 1. The van der Waals surface area contributed by atoms with E-state index in [1.807, 2.05) is 6.92 Å². The number of rotatable bonds is 10. The maximum absolute atomic E-state index is 12.1. The molecule has 3 unspecified atom stereocenters. The molecule has 0 aliphatic carbocycles. The summed E-state index contributed by atoms with van der Waals surface area (Å²) in [6.45, 7) is 7.01. The van der Waals surface area contributed by atoms with E-state index in [0.717, 1.165) is 0 Å². The first kappa shape index (κ1) is 18.6. The molecule has 20 heavy (non-hydrogen) atoms. The lowest BCUT2D eigenvalue weighted by Crippen LogP contribution is -2.43. The molecule has 0 saturated heterocycles. The summed E-state index contributed by atoms with van der Waals surface area (Å²) in [4.78, 5) is 35.3. The van der Waals surface area contributed by atoms with Gasteiger partial charge in [0.15, 0.2) is 12.0 Å². The minimum Gasteiger partial charge on any atom is -0.479 e. The molecule has 116 valence electrons. The Labute approximate surface area is 119 Å². The normalized spacial score (nSPS) is 15.2. The van der Waals surface area contributed by atoms with Crippen LogP contribution in [0.1, 0.15) is 47.0 Å². The first-order valence-corrected chi connectivity index (χ1v) is 6.96. The largest absolute Gasteiger partial charge is 0.479 e. The summed E-state index contributed by atoms with van der Waals surface area (Å²) < 4.78 is 10.2. The maximum atomic E-state index is 12.1. The number of carboxylic acids is 1. The second-order valence-corrected chi connectivity index (χ2v) is 4.56. The topological polar surface area (TPSA) is 89.9 Å². The molecule has 0 spiro atoms. The van der Waals surface area contributed by atoms with Crippen LogP contribution in [0.2, 0.25) is 0 Å². The molecule has 0 aromatic rings. The second kappa shape index (κ2) is 9.47. The van der Waals surface area contributed by atoms with E-state index in [1.165, 1.54) is 0 Å². The molecule has 0 bridgehead atoms. The van der Waals surface area contributed by atoms with Crippen molar-refractivity contribution in [2.24, 2.45) is 5.92 Å². The summed E-state index contributed by atoms with van der Waals surface area (Å²) >= 11 is 0. The molecule has 0 aliphatic heterocycles. The Hall–Kier alpha value is -1.43. The third-order valence-electron chi connectivity index (χ3n) is 2.88. The van der Waals surface area contributed by atoms with Gasteiger partial charge in [0, 0.05) is 13.0 Å². The molecule has 0 aromatic heterocycles. The first-order chi connectivity index (χ1) is 9.38. The fraction of sp³-hybridized carbons (Fsp3) is 0.786. The molecular weight excluding hydrogens is 264 g/mol. The van der Waals surface area contributed by atoms with E-state index < -0.39 is 29.7 Å². The van der Waals surface area contributed by atoms with Crippen molar-refractivity contribution in [3.63, 3.8) is 0 Å². The van der Waals surface area contributed by atoms with Crippen molar-refractivity contribution < 1.29 is 29.0 Å². The van der Waals surface area contributed by atoms with Crippen LogP contribution in [0.25, 0.3) is 0 Å². The molecule has 0 radical (unpaired) electrons. The molecule has 0 aliphatic rings. The number of esters is 1. The van der Waals surface area contributed by atoms with Gasteiger partial charge in [-0.15, -0.1) is 0 Å². The highest BCUT2D eigenvalue weighted by Crippen LogP contribution is 2.17. The van der Waals surface area contributed by atoms with Gasteiger partial charge in [0.1, 0.15) is 5.78 Å². The van der Waals surface area contributed by atoms with Crippen molar-refractivity contribution in [1.82, 2.24) is 0 Å². The van der Waals surface area contributed by atoms with E-state index >= 15 is 0 Å². The van der Waals surface area contributed by atoms with Gasteiger partial charge >= 0.3 is 11.9 Å². The van der Waals surface area contributed by atoms with Crippen molar-refractivity contribution in [1.29, 1.82) is 0 Å². The average Bonchev–Trinajstić information content (AvgIpc) is 2.38. The van der Waals surface area contributed by atoms with Gasteiger partial charge in [-0.05, 0) is 26.7 Å². The van der Waals surface area contributed by atoms with Crippen LogP contribution < -0.4 is 0 Å². The van der Waals surface area contributed by atoms with Crippen molar-refractivity contribution >= 4 is 17.7 Å². The molecule has 0 amide bonds. The standard InChI is InChI=1S/C14H24O6/c1-5-8-10(15)11(12(13(16)17)19-7-3)14(18)20-9(4)6-2/h9,11-12H,5-8H2,1-4H3,(H,16,17).